The number of aryl methyl sites for hydroxylation is 1. The number of ether oxygens (including phenoxy) is 1. The zero-order chi connectivity index (χ0) is 18.7. The number of esters is 1. The van der Waals surface area contributed by atoms with Crippen LogP contribution in [0.1, 0.15) is 21.5 Å². The van der Waals surface area contributed by atoms with Gasteiger partial charge in [0.1, 0.15) is 0 Å². The number of carbonyl (C=O) groups excluding carboxylic acids is 2. The minimum absolute atomic E-state index is 0.120. The van der Waals surface area contributed by atoms with E-state index in [9.17, 15) is 14.4 Å². The molecule has 0 spiro atoms. The van der Waals surface area contributed by atoms with Crippen LogP contribution < -0.4 is 11.0 Å². The number of carbonyl (C=O) groups is 2. The third-order valence-corrected chi connectivity index (χ3v) is 4.02. The van der Waals surface area contributed by atoms with Crippen molar-refractivity contribution in [2.45, 2.75) is 13.3 Å². The molecule has 0 atom stereocenters. The first-order valence-electron chi connectivity index (χ1n) is 8.07. The molecule has 2 aromatic carbocycles. The fourth-order valence-electron chi connectivity index (χ4n) is 2.83. The van der Waals surface area contributed by atoms with Crippen molar-refractivity contribution < 1.29 is 14.3 Å². The number of methoxy groups -OCH3 is 1. The lowest BCUT2D eigenvalue weighted by molar-refractivity contribution is -0.116. The van der Waals surface area contributed by atoms with Crippen LogP contribution in [0.2, 0.25) is 0 Å². The Bertz CT molecular complexity index is 1050. The molecule has 1 N–H and O–H groups in total. The summed E-state index contributed by atoms with van der Waals surface area (Å²) in [5.41, 5.74) is 4.23. The molecule has 0 radical (unpaired) electrons. The summed E-state index contributed by atoms with van der Waals surface area (Å²) >= 11 is 0. The lowest BCUT2D eigenvalue weighted by Gasteiger charge is -2.12. The van der Waals surface area contributed by atoms with Gasteiger partial charge in [-0.3, -0.25) is 15.0 Å². The smallest absolute Gasteiger partial charge is 0.340 e. The lowest BCUT2D eigenvalue weighted by atomic mass is 10.1. The van der Waals surface area contributed by atoms with Gasteiger partial charge in [-0.25, -0.2) is 9.47 Å². The number of benzene rings is 2. The predicted molar refractivity (Wildman–Crippen MR) is 98.8 cm³/mol. The molecule has 0 saturated carbocycles. The van der Waals surface area contributed by atoms with Crippen LogP contribution in [0.3, 0.4) is 0 Å². The first kappa shape index (κ1) is 17.4. The molecule has 0 unspecified atom stereocenters. The summed E-state index contributed by atoms with van der Waals surface area (Å²) in [6.07, 6.45) is 1.42. The van der Waals surface area contributed by atoms with Gasteiger partial charge in [-0.1, -0.05) is 48.0 Å². The molecule has 0 aliphatic rings. The Morgan fingerprint density at radius 1 is 1.08 bits per heavy atom. The first-order valence-corrected chi connectivity index (χ1v) is 8.07. The standard InChI is InChI=1S/C20H18N2O4/c1-13-6-5-7-14(10-13)11-18(23)21-22-12-17(20(25)26-2)15-8-3-4-9-16(15)19(22)24/h3-10,12H,11H2,1-2H3,(H,21,23). The Balaban J connectivity index is 1.97. The van der Waals surface area contributed by atoms with Gasteiger partial charge in [0.15, 0.2) is 0 Å². The molecule has 0 aliphatic carbocycles. The van der Waals surface area contributed by atoms with Crippen molar-refractivity contribution in [1.29, 1.82) is 0 Å². The van der Waals surface area contributed by atoms with Crippen LogP contribution in [0, 0.1) is 6.92 Å². The Morgan fingerprint density at radius 3 is 2.50 bits per heavy atom. The van der Waals surface area contributed by atoms with E-state index in [1.54, 1.807) is 24.3 Å². The van der Waals surface area contributed by atoms with E-state index in [0.29, 0.717) is 10.8 Å². The van der Waals surface area contributed by atoms with Crippen molar-refractivity contribution in [2.75, 3.05) is 12.5 Å². The number of nitrogens with zero attached hydrogens (tertiary/aromatic N) is 1. The van der Waals surface area contributed by atoms with E-state index in [4.69, 9.17) is 4.74 Å². The molecule has 3 rings (SSSR count). The van der Waals surface area contributed by atoms with E-state index >= 15 is 0 Å². The van der Waals surface area contributed by atoms with Gasteiger partial charge < -0.3 is 4.74 Å². The van der Waals surface area contributed by atoms with Crippen LogP contribution in [0.15, 0.2) is 59.5 Å². The fraction of sp³-hybridized carbons (Fsp3) is 0.150. The third kappa shape index (κ3) is 3.49. The molecule has 0 bridgehead atoms. The molecule has 6 heteroatoms. The van der Waals surface area contributed by atoms with Gasteiger partial charge in [0.05, 0.1) is 19.1 Å². The van der Waals surface area contributed by atoms with E-state index in [1.165, 1.54) is 13.3 Å². The van der Waals surface area contributed by atoms with Gasteiger partial charge in [0.25, 0.3) is 5.56 Å². The highest BCUT2D eigenvalue weighted by Crippen LogP contribution is 2.16. The van der Waals surface area contributed by atoms with Crippen molar-refractivity contribution in [3.05, 3.63) is 81.8 Å². The van der Waals surface area contributed by atoms with Gasteiger partial charge in [-0.05, 0) is 18.6 Å². The normalized spacial score (nSPS) is 10.5. The molecule has 132 valence electrons. The number of fused-ring (bicyclic) bond motifs is 1. The van der Waals surface area contributed by atoms with E-state index in [2.05, 4.69) is 5.43 Å². The lowest BCUT2D eigenvalue weighted by Crippen LogP contribution is -2.34. The summed E-state index contributed by atoms with van der Waals surface area (Å²) < 4.78 is 5.82. The molecule has 1 amide bonds. The van der Waals surface area contributed by atoms with Crippen molar-refractivity contribution in [2.24, 2.45) is 0 Å². The highest BCUT2D eigenvalue weighted by molar-refractivity contribution is 6.04. The SMILES string of the molecule is COC(=O)c1cn(NC(=O)Cc2cccc(C)c2)c(=O)c2ccccc12. The predicted octanol–water partition coefficient (Wildman–Crippen LogP) is 2.41. The Hall–Kier alpha value is -3.41. The molecule has 3 aromatic rings. The van der Waals surface area contributed by atoms with Crippen molar-refractivity contribution in [1.82, 2.24) is 4.68 Å². The topological polar surface area (TPSA) is 77.4 Å². The highest BCUT2D eigenvalue weighted by atomic mass is 16.5. The second-order valence-corrected chi connectivity index (χ2v) is 5.96. The summed E-state index contributed by atoms with van der Waals surface area (Å²) in [6.45, 7) is 1.94. The van der Waals surface area contributed by atoms with Crippen LogP contribution >= 0.6 is 0 Å². The van der Waals surface area contributed by atoms with Gasteiger partial charge in [0, 0.05) is 17.0 Å². The quantitative estimate of drug-likeness (QED) is 0.733. The molecule has 26 heavy (non-hydrogen) atoms. The van der Waals surface area contributed by atoms with E-state index in [-0.39, 0.29) is 17.9 Å². The van der Waals surface area contributed by atoms with E-state index in [1.807, 2.05) is 31.2 Å². The van der Waals surface area contributed by atoms with Gasteiger partial charge >= 0.3 is 5.97 Å². The van der Waals surface area contributed by atoms with Gasteiger partial charge in [0.2, 0.25) is 5.91 Å². The monoisotopic (exact) mass is 350 g/mol. The largest absolute Gasteiger partial charge is 0.465 e. The second-order valence-electron chi connectivity index (χ2n) is 5.96. The van der Waals surface area contributed by atoms with Crippen LogP contribution in [0.25, 0.3) is 10.8 Å². The number of nitrogens with one attached hydrogen (secondary N) is 1. The van der Waals surface area contributed by atoms with E-state index < -0.39 is 11.5 Å². The Kier molecular flexibility index (Phi) is 4.84. The minimum Gasteiger partial charge on any atom is -0.465 e. The number of amides is 1. The summed E-state index contributed by atoms with van der Waals surface area (Å²) in [7, 11) is 1.27. The third-order valence-electron chi connectivity index (χ3n) is 4.02. The van der Waals surface area contributed by atoms with Crippen LogP contribution in [-0.4, -0.2) is 23.7 Å². The van der Waals surface area contributed by atoms with Gasteiger partial charge in [-0.15, -0.1) is 0 Å². The molecular weight excluding hydrogens is 332 g/mol. The molecule has 0 aliphatic heterocycles. The number of pyridine rings is 1. The average Bonchev–Trinajstić information content (AvgIpc) is 2.63. The molecule has 1 heterocycles. The zero-order valence-electron chi connectivity index (χ0n) is 14.5. The van der Waals surface area contributed by atoms with Crippen LogP contribution in [-0.2, 0) is 16.0 Å². The minimum atomic E-state index is -0.581. The molecule has 6 nitrogen and oxygen atoms in total. The average molecular weight is 350 g/mol. The molecular formula is C20H18N2O4. The maximum Gasteiger partial charge on any atom is 0.340 e. The number of hydrogen-bond acceptors (Lipinski definition) is 4. The summed E-state index contributed by atoms with van der Waals surface area (Å²) in [5, 5.41) is 0.805. The molecule has 1 aromatic heterocycles. The highest BCUT2D eigenvalue weighted by Gasteiger charge is 2.16. The van der Waals surface area contributed by atoms with Crippen LogP contribution in [0.4, 0.5) is 0 Å². The maximum atomic E-state index is 12.6. The van der Waals surface area contributed by atoms with Crippen LogP contribution in [0.5, 0.6) is 0 Å². The Morgan fingerprint density at radius 2 is 1.81 bits per heavy atom. The van der Waals surface area contributed by atoms with Crippen molar-refractivity contribution in [3.63, 3.8) is 0 Å². The number of aromatic nitrogens is 1. The number of rotatable bonds is 4. The Labute approximate surface area is 150 Å². The van der Waals surface area contributed by atoms with E-state index in [0.717, 1.165) is 15.8 Å². The second kappa shape index (κ2) is 7.23. The van der Waals surface area contributed by atoms with Crippen molar-refractivity contribution in [3.8, 4) is 0 Å². The zero-order valence-corrected chi connectivity index (χ0v) is 14.5. The summed E-state index contributed by atoms with van der Waals surface area (Å²) in [5.74, 6) is -0.938. The molecule has 0 saturated heterocycles. The van der Waals surface area contributed by atoms with Gasteiger partial charge in [-0.2, -0.15) is 0 Å². The summed E-state index contributed by atoms with van der Waals surface area (Å²) in [4.78, 5) is 37.0. The maximum absolute atomic E-state index is 12.6. The fourth-order valence-corrected chi connectivity index (χ4v) is 2.83. The van der Waals surface area contributed by atoms with Crippen molar-refractivity contribution >= 4 is 22.6 Å². The number of hydrogen-bond donors (Lipinski definition) is 1. The molecule has 0 fully saturated rings. The first-order chi connectivity index (χ1) is 12.5. The summed E-state index contributed by atoms with van der Waals surface area (Å²) in [6, 6.07) is 14.3.